The molecule has 0 aromatic heterocycles. The first-order valence-electron chi connectivity index (χ1n) is 7.73. The third-order valence-electron chi connectivity index (χ3n) is 4.12. The van der Waals surface area contributed by atoms with Gasteiger partial charge in [-0.25, -0.2) is 0 Å². The number of piperidine rings is 1. The van der Waals surface area contributed by atoms with Crippen LogP contribution in [0.4, 0.5) is 13.2 Å². The number of hydrogen-bond donors (Lipinski definition) is 2. The Bertz CT molecular complexity index is 534. The molecule has 1 atom stereocenters. The fourth-order valence-electron chi connectivity index (χ4n) is 2.90. The summed E-state index contributed by atoms with van der Waals surface area (Å²) in [5.41, 5.74) is -1.29. The van der Waals surface area contributed by atoms with Crippen molar-refractivity contribution in [3.8, 4) is 0 Å². The highest BCUT2D eigenvalue weighted by atomic mass is 19.4. The minimum Gasteiger partial charge on any atom is -0.395 e. The van der Waals surface area contributed by atoms with Gasteiger partial charge in [0.05, 0.1) is 17.7 Å². The van der Waals surface area contributed by atoms with Crippen LogP contribution in [0.2, 0.25) is 0 Å². The summed E-state index contributed by atoms with van der Waals surface area (Å²) in [5.74, 6) is -0.726. The SMILES string of the molecule is O=C(NCCN1CCCC[C@@H]1CO)c1ccccc1C(F)(F)F. The van der Waals surface area contributed by atoms with Gasteiger partial charge in [0.2, 0.25) is 0 Å². The van der Waals surface area contributed by atoms with Gasteiger partial charge in [0.25, 0.3) is 5.91 Å². The molecule has 1 aromatic carbocycles. The Labute approximate surface area is 133 Å². The molecule has 128 valence electrons. The second kappa shape index (κ2) is 7.79. The third-order valence-corrected chi connectivity index (χ3v) is 4.12. The largest absolute Gasteiger partial charge is 0.417 e. The molecule has 0 aliphatic carbocycles. The van der Waals surface area contributed by atoms with Gasteiger partial charge in [0.15, 0.2) is 0 Å². The number of nitrogens with one attached hydrogen (secondary N) is 1. The Balaban J connectivity index is 1.93. The second-order valence-electron chi connectivity index (χ2n) is 5.67. The van der Waals surface area contributed by atoms with Crippen molar-refractivity contribution in [1.82, 2.24) is 10.2 Å². The van der Waals surface area contributed by atoms with Crippen molar-refractivity contribution in [3.05, 3.63) is 35.4 Å². The van der Waals surface area contributed by atoms with Crippen LogP contribution in [0.1, 0.15) is 35.2 Å². The van der Waals surface area contributed by atoms with Crippen molar-refractivity contribution in [2.75, 3.05) is 26.2 Å². The predicted octanol–water partition coefficient (Wildman–Crippen LogP) is 2.28. The summed E-state index contributed by atoms with van der Waals surface area (Å²) < 4.78 is 38.7. The van der Waals surface area contributed by atoms with Crippen LogP contribution in [-0.2, 0) is 6.18 Å². The molecule has 1 heterocycles. The standard InChI is InChI=1S/C16H21F3N2O2/c17-16(18,19)14-7-2-1-6-13(14)15(23)20-8-10-21-9-4-3-5-12(21)11-22/h1-2,6-7,12,22H,3-5,8-11H2,(H,20,23)/t12-/m1/s1. The van der Waals surface area contributed by atoms with Crippen molar-refractivity contribution in [3.63, 3.8) is 0 Å². The van der Waals surface area contributed by atoms with Gasteiger partial charge in [0, 0.05) is 19.1 Å². The van der Waals surface area contributed by atoms with E-state index < -0.39 is 17.6 Å². The predicted molar refractivity (Wildman–Crippen MR) is 80.1 cm³/mol. The Hall–Kier alpha value is -1.60. The molecule has 0 bridgehead atoms. The number of amides is 1. The van der Waals surface area contributed by atoms with E-state index >= 15 is 0 Å². The van der Waals surface area contributed by atoms with Crippen molar-refractivity contribution in [2.45, 2.75) is 31.5 Å². The summed E-state index contributed by atoms with van der Waals surface area (Å²) in [6, 6.07) is 4.83. The first-order chi connectivity index (χ1) is 10.9. The zero-order chi connectivity index (χ0) is 16.9. The quantitative estimate of drug-likeness (QED) is 0.871. The van der Waals surface area contributed by atoms with E-state index in [0.717, 1.165) is 31.9 Å². The van der Waals surface area contributed by atoms with Gasteiger partial charge < -0.3 is 10.4 Å². The van der Waals surface area contributed by atoms with Crippen LogP contribution in [0.15, 0.2) is 24.3 Å². The smallest absolute Gasteiger partial charge is 0.395 e. The summed E-state index contributed by atoms with van der Waals surface area (Å²) in [6.45, 7) is 1.66. The number of nitrogens with zero attached hydrogens (tertiary/aromatic N) is 1. The molecular weight excluding hydrogens is 309 g/mol. The van der Waals surface area contributed by atoms with Gasteiger partial charge in [-0.15, -0.1) is 0 Å². The van der Waals surface area contributed by atoms with E-state index in [2.05, 4.69) is 10.2 Å². The number of alkyl halides is 3. The maximum atomic E-state index is 12.9. The monoisotopic (exact) mass is 330 g/mol. The van der Waals surface area contributed by atoms with Gasteiger partial charge in [-0.3, -0.25) is 9.69 Å². The topological polar surface area (TPSA) is 52.6 Å². The second-order valence-corrected chi connectivity index (χ2v) is 5.67. The number of aliphatic hydroxyl groups excluding tert-OH is 1. The van der Waals surface area contributed by atoms with Crippen molar-refractivity contribution < 1.29 is 23.1 Å². The number of halogens is 3. The number of rotatable bonds is 5. The van der Waals surface area contributed by atoms with Crippen molar-refractivity contribution in [2.24, 2.45) is 0 Å². The van der Waals surface area contributed by atoms with Crippen molar-refractivity contribution >= 4 is 5.91 Å². The number of benzene rings is 1. The lowest BCUT2D eigenvalue weighted by atomic mass is 10.0. The average Bonchev–Trinajstić information content (AvgIpc) is 2.54. The normalized spacial score (nSPS) is 19.6. The minimum atomic E-state index is -4.55. The fraction of sp³-hybridized carbons (Fsp3) is 0.562. The summed E-state index contributed by atoms with van der Waals surface area (Å²) in [6.07, 6.45) is -1.56. The number of carbonyl (C=O) groups excluding carboxylic acids is 1. The highest BCUT2D eigenvalue weighted by Gasteiger charge is 2.34. The van der Waals surface area contributed by atoms with Crippen molar-refractivity contribution in [1.29, 1.82) is 0 Å². The van der Waals surface area contributed by atoms with E-state index in [4.69, 9.17) is 0 Å². The zero-order valence-electron chi connectivity index (χ0n) is 12.8. The molecule has 1 amide bonds. The molecule has 1 aliphatic rings. The van der Waals surface area contributed by atoms with E-state index in [0.29, 0.717) is 6.54 Å². The van der Waals surface area contributed by atoms with E-state index in [1.54, 1.807) is 0 Å². The molecule has 1 aliphatic heterocycles. The number of hydrogen-bond acceptors (Lipinski definition) is 3. The Morgan fingerprint density at radius 2 is 2.04 bits per heavy atom. The molecular formula is C16H21F3N2O2. The number of likely N-dealkylation sites (tertiary alicyclic amines) is 1. The number of aliphatic hydroxyl groups is 1. The van der Waals surface area contributed by atoms with Gasteiger partial charge in [0.1, 0.15) is 0 Å². The van der Waals surface area contributed by atoms with Gasteiger partial charge in [-0.1, -0.05) is 18.6 Å². The molecule has 1 aromatic rings. The molecule has 2 N–H and O–H groups in total. The molecule has 1 fully saturated rings. The molecule has 0 unspecified atom stereocenters. The summed E-state index contributed by atoms with van der Waals surface area (Å²) in [5, 5.41) is 11.9. The average molecular weight is 330 g/mol. The van der Waals surface area contributed by atoms with E-state index in [-0.39, 0.29) is 24.8 Å². The molecule has 7 heteroatoms. The first-order valence-corrected chi connectivity index (χ1v) is 7.73. The van der Waals surface area contributed by atoms with E-state index in [9.17, 15) is 23.1 Å². The zero-order valence-corrected chi connectivity index (χ0v) is 12.8. The highest BCUT2D eigenvalue weighted by Crippen LogP contribution is 2.31. The summed E-state index contributed by atoms with van der Waals surface area (Å²) in [4.78, 5) is 14.1. The lowest BCUT2D eigenvalue weighted by Crippen LogP contribution is -2.45. The molecule has 23 heavy (non-hydrogen) atoms. The lowest BCUT2D eigenvalue weighted by Gasteiger charge is -2.34. The Morgan fingerprint density at radius 3 is 2.74 bits per heavy atom. The van der Waals surface area contributed by atoms with Gasteiger partial charge in [-0.05, 0) is 31.5 Å². The maximum Gasteiger partial charge on any atom is 0.417 e. The van der Waals surface area contributed by atoms with E-state index in [1.807, 2.05) is 0 Å². The fourth-order valence-corrected chi connectivity index (χ4v) is 2.90. The van der Waals surface area contributed by atoms with Crippen LogP contribution in [-0.4, -0.2) is 48.2 Å². The molecule has 0 spiro atoms. The van der Waals surface area contributed by atoms with Crippen LogP contribution in [0, 0.1) is 0 Å². The van der Waals surface area contributed by atoms with Gasteiger partial charge >= 0.3 is 6.18 Å². The molecule has 4 nitrogen and oxygen atoms in total. The van der Waals surface area contributed by atoms with Crippen LogP contribution in [0.25, 0.3) is 0 Å². The van der Waals surface area contributed by atoms with Crippen LogP contribution in [0.5, 0.6) is 0 Å². The Morgan fingerprint density at radius 1 is 1.30 bits per heavy atom. The van der Waals surface area contributed by atoms with Crippen LogP contribution < -0.4 is 5.32 Å². The molecule has 0 saturated carbocycles. The Kier molecular flexibility index (Phi) is 6.01. The van der Waals surface area contributed by atoms with Gasteiger partial charge in [-0.2, -0.15) is 13.2 Å². The minimum absolute atomic E-state index is 0.0604. The summed E-state index contributed by atoms with van der Waals surface area (Å²) >= 11 is 0. The molecule has 1 saturated heterocycles. The van der Waals surface area contributed by atoms with E-state index in [1.165, 1.54) is 18.2 Å². The highest BCUT2D eigenvalue weighted by molar-refractivity contribution is 5.95. The molecule has 2 rings (SSSR count). The maximum absolute atomic E-state index is 12.9. The third kappa shape index (κ3) is 4.68. The molecule has 0 radical (unpaired) electrons. The number of carbonyl (C=O) groups is 1. The van der Waals surface area contributed by atoms with Crippen LogP contribution in [0.3, 0.4) is 0 Å². The first kappa shape index (κ1) is 17.7. The summed E-state index contributed by atoms with van der Waals surface area (Å²) in [7, 11) is 0. The lowest BCUT2D eigenvalue weighted by molar-refractivity contribution is -0.137. The van der Waals surface area contributed by atoms with Crippen LogP contribution >= 0.6 is 0 Å².